The highest BCUT2D eigenvalue weighted by molar-refractivity contribution is 5.72. The van der Waals surface area contributed by atoms with E-state index in [0.29, 0.717) is 18.1 Å². The molecule has 0 fully saturated rings. The summed E-state index contributed by atoms with van der Waals surface area (Å²) in [7, 11) is 1.34. The van der Waals surface area contributed by atoms with Gasteiger partial charge in [0.2, 0.25) is 0 Å². The molecule has 0 aromatic heterocycles. The molecule has 0 aliphatic carbocycles. The molecule has 1 heterocycles. The van der Waals surface area contributed by atoms with Crippen LogP contribution in [-0.2, 0) is 9.53 Å². The SMILES string of the molecule is CCOc1cc(C2=CCNCC2)ccc1OCC(=O)OC. The van der Waals surface area contributed by atoms with Gasteiger partial charge in [0.15, 0.2) is 18.1 Å². The van der Waals surface area contributed by atoms with Crippen molar-refractivity contribution in [3.63, 3.8) is 0 Å². The van der Waals surface area contributed by atoms with Crippen molar-refractivity contribution < 1.29 is 19.0 Å². The molecule has 1 aromatic rings. The van der Waals surface area contributed by atoms with E-state index in [1.807, 2.05) is 25.1 Å². The maximum atomic E-state index is 11.2. The Morgan fingerprint density at radius 3 is 2.81 bits per heavy atom. The standard InChI is InChI=1S/C16H21NO4/c1-3-20-15-10-13(12-6-8-17-9-7-12)4-5-14(15)21-11-16(18)19-2/h4-6,10,17H,3,7-9,11H2,1-2H3. The molecular weight excluding hydrogens is 270 g/mol. The Hall–Kier alpha value is -2.01. The van der Waals surface area contributed by atoms with Crippen molar-refractivity contribution >= 4 is 11.5 Å². The number of benzene rings is 1. The molecule has 0 saturated heterocycles. The molecule has 0 bridgehead atoms. The maximum absolute atomic E-state index is 11.2. The Labute approximate surface area is 124 Å². The van der Waals surface area contributed by atoms with Crippen LogP contribution in [0.4, 0.5) is 0 Å². The van der Waals surface area contributed by atoms with Gasteiger partial charge < -0.3 is 19.5 Å². The summed E-state index contributed by atoms with van der Waals surface area (Å²) in [5, 5.41) is 3.29. The lowest BCUT2D eigenvalue weighted by atomic mass is 10.00. The summed E-state index contributed by atoms with van der Waals surface area (Å²) in [5.74, 6) is 0.793. The summed E-state index contributed by atoms with van der Waals surface area (Å²) in [5.41, 5.74) is 2.43. The molecule has 1 aliphatic heterocycles. The van der Waals surface area contributed by atoms with Crippen LogP contribution in [0.15, 0.2) is 24.3 Å². The molecule has 0 saturated carbocycles. The molecule has 0 atom stereocenters. The van der Waals surface area contributed by atoms with E-state index in [-0.39, 0.29) is 6.61 Å². The lowest BCUT2D eigenvalue weighted by molar-refractivity contribution is -0.142. The fourth-order valence-electron chi connectivity index (χ4n) is 2.18. The summed E-state index contributed by atoms with van der Waals surface area (Å²) in [6.45, 7) is 4.21. The summed E-state index contributed by atoms with van der Waals surface area (Å²) in [6, 6.07) is 5.80. The summed E-state index contributed by atoms with van der Waals surface area (Å²) >= 11 is 0. The first kappa shape index (κ1) is 15.4. The fraction of sp³-hybridized carbons (Fsp3) is 0.438. The normalized spacial score (nSPS) is 14.3. The van der Waals surface area contributed by atoms with E-state index in [1.165, 1.54) is 12.7 Å². The summed E-state index contributed by atoms with van der Waals surface area (Å²) in [4.78, 5) is 11.2. The largest absolute Gasteiger partial charge is 0.490 e. The second kappa shape index (κ2) is 7.69. The third-order valence-corrected chi connectivity index (χ3v) is 3.25. The van der Waals surface area contributed by atoms with Crippen LogP contribution in [0.3, 0.4) is 0 Å². The van der Waals surface area contributed by atoms with Gasteiger partial charge in [-0.2, -0.15) is 0 Å². The van der Waals surface area contributed by atoms with Crippen molar-refractivity contribution in [1.29, 1.82) is 0 Å². The van der Waals surface area contributed by atoms with E-state index < -0.39 is 5.97 Å². The van der Waals surface area contributed by atoms with Crippen LogP contribution < -0.4 is 14.8 Å². The number of carbonyl (C=O) groups excluding carboxylic acids is 1. The van der Waals surface area contributed by atoms with Crippen LogP contribution in [0.1, 0.15) is 18.9 Å². The van der Waals surface area contributed by atoms with Crippen molar-refractivity contribution in [1.82, 2.24) is 5.32 Å². The number of carbonyl (C=O) groups is 1. The molecule has 1 N–H and O–H groups in total. The highest BCUT2D eigenvalue weighted by Gasteiger charge is 2.12. The van der Waals surface area contributed by atoms with E-state index in [1.54, 1.807) is 0 Å². The molecule has 2 rings (SSSR count). The van der Waals surface area contributed by atoms with Gasteiger partial charge in [-0.25, -0.2) is 4.79 Å². The van der Waals surface area contributed by atoms with Gasteiger partial charge in [0.25, 0.3) is 0 Å². The molecule has 0 unspecified atom stereocenters. The van der Waals surface area contributed by atoms with E-state index in [9.17, 15) is 4.79 Å². The number of methoxy groups -OCH3 is 1. The van der Waals surface area contributed by atoms with Gasteiger partial charge in [-0.1, -0.05) is 12.1 Å². The van der Waals surface area contributed by atoms with Gasteiger partial charge in [0.1, 0.15) is 0 Å². The lowest BCUT2D eigenvalue weighted by Gasteiger charge is -2.17. The zero-order chi connectivity index (χ0) is 15.1. The highest BCUT2D eigenvalue weighted by Crippen LogP contribution is 2.32. The average molecular weight is 291 g/mol. The predicted molar refractivity (Wildman–Crippen MR) is 80.6 cm³/mol. The first-order valence-electron chi connectivity index (χ1n) is 7.11. The average Bonchev–Trinajstić information content (AvgIpc) is 2.54. The second-order valence-corrected chi connectivity index (χ2v) is 4.64. The topological polar surface area (TPSA) is 56.8 Å². The molecule has 0 amide bonds. The highest BCUT2D eigenvalue weighted by atomic mass is 16.6. The van der Waals surface area contributed by atoms with Crippen molar-refractivity contribution in [3.8, 4) is 11.5 Å². The Kier molecular flexibility index (Phi) is 5.63. The van der Waals surface area contributed by atoms with Gasteiger partial charge in [-0.3, -0.25) is 0 Å². The first-order valence-corrected chi connectivity index (χ1v) is 7.11. The molecule has 5 heteroatoms. The Bertz CT molecular complexity index is 525. The number of rotatable bonds is 6. The van der Waals surface area contributed by atoms with Gasteiger partial charge in [0.05, 0.1) is 13.7 Å². The van der Waals surface area contributed by atoms with Crippen LogP contribution in [0.5, 0.6) is 11.5 Å². The Morgan fingerprint density at radius 2 is 2.14 bits per heavy atom. The van der Waals surface area contributed by atoms with Gasteiger partial charge in [-0.05, 0) is 43.2 Å². The van der Waals surface area contributed by atoms with E-state index in [0.717, 1.165) is 25.1 Å². The molecule has 0 spiro atoms. The number of hydrogen-bond donors (Lipinski definition) is 1. The van der Waals surface area contributed by atoms with Crippen molar-refractivity contribution in [2.45, 2.75) is 13.3 Å². The Balaban J connectivity index is 2.17. The molecular formula is C16H21NO4. The van der Waals surface area contributed by atoms with Gasteiger partial charge >= 0.3 is 5.97 Å². The molecule has 1 aliphatic rings. The minimum absolute atomic E-state index is 0.122. The third kappa shape index (κ3) is 4.23. The van der Waals surface area contributed by atoms with Crippen LogP contribution in [0, 0.1) is 0 Å². The monoisotopic (exact) mass is 291 g/mol. The zero-order valence-electron chi connectivity index (χ0n) is 12.5. The van der Waals surface area contributed by atoms with Crippen molar-refractivity contribution in [2.75, 3.05) is 33.4 Å². The number of hydrogen-bond acceptors (Lipinski definition) is 5. The first-order chi connectivity index (χ1) is 10.2. The van der Waals surface area contributed by atoms with Crippen LogP contribution in [-0.4, -0.2) is 39.4 Å². The van der Waals surface area contributed by atoms with Crippen LogP contribution in [0.2, 0.25) is 0 Å². The fourth-order valence-corrected chi connectivity index (χ4v) is 2.18. The predicted octanol–water partition coefficient (Wildman–Crippen LogP) is 2.01. The van der Waals surface area contributed by atoms with E-state index >= 15 is 0 Å². The minimum Gasteiger partial charge on any atom is -0.490 e. The van der Waals surface area contributed by atoms with Gasteiger partial charge in [-0.15, -0.1) is 0 Å². The summed E-state index contributed by atoms with van der Waals surface area (Å²) in [6.07, 6.45) is 3.18. The van der Waals surface area contributed by atoms with Gasteiger partial charge in [0, 0.05) is 6.54 Å². The third-order valence-electron chi connectivity index (χ3n) is 3.25. The van der Waals surface area contributed by atoms with E-state index in [2.05, 4.69) is 16.1 Å². The number of ether oxygens (including phenoxy) is 3. The van der Waals surface area contributed by atoms with Crippen molar-refractivity contribution in [2.24, 2.45) is 0 Å². The minimum atomic E-state index is -0.414. The maximum Gasteiger partial charge on any atom is 0.343 e. The zero-order valence-corrected chi connectivity index (χ0v) is 12.5. The number of esters is 1. The number of nitrogens with one attached hydrogen (secondary N) is 1. The molecule has 5 nitrogen and oxygen atoms in total. The van der Waals surface area contributed by atoms with Crippen LogP contribution >= 0.6 is 0 Å². The smallest absolute Gasteiger partial charge is 0.343 e. The van der Waals surface area contributed by atoms with E-state index in [4.69, 9.17) is 9.47 Å². The van der Waals surface area contributed by atoms with Crippen LogP contribution in [0.25, 0.3) is 5.57 Å². The molecule has 1 aromatic carbocycles. The second-order valence-electron chi connectivity index (χ2n) is 4.64. The molecule has 0 radical (unpaired) electrons. The molecule has 21 heavy (non-hydrogen) atoms. The van der Waals surface area contributed by atoms with Crippen molar-refractivity contribution in [3.05, 3.63) is 29.8 Å². The quantitative estimate of drug-likeness (QED) is 0.813. The molecule has 114 valence electrons. The Morgan fingerprint density at radius 1 is 1.29 bits per heavy atom. The summed E-state index contributed by atoms with van der Waals surface area (Å²) < 4.78 is 15.6. The lowest BCUT2D eigenvalue weighted by Crippen LogP contribution is -2.20.